The van der Waals surface area contributed by atoms with Crippen molar-refractivity contribution < 1.29 is 9.53 Å². The van der Waals surface area contributed by atoms with Gasteiger partial charge in [-0.3, -0.25) is 15.5 Å². The van der Waals surface area contributed by atoms with Crippen LogP contribution in [0.4, 0.5) is 0 Å². The van der Waals surface area contributed by atoms with Crippen LogP contribution in [0.5, 0.6) is 0 Å². The Kier molecular flexibility index (Phi) is 6.04. The van der Waals surface area contributed by atoms with Crippen molar-refractivity contribution in [3.8, 4) is 0 Å². The lowest BCUT2D eigenvalue weighted by Crippen LogP contribution is -2.51. The molecule has 0 spiro atoms. The predicted octanol–water partition coefficient (Wildman–Crippen LogP) is 1.97. The fourth-order valence-electron chi connectivity index (χ4n) is 2.74. The SMILES string of the molecule is CO[C@H]1CC[C@@H](SC(C)(C)C(=O)NC2=NN(C(C)(C)C)NN2)CC1. The predicted molar refractivity (Wildman–Crippen MR) is 98.2 cm³/mol. The van der Waals surface area contributed by atoms with E-state index in [0.29, 0.717) is 17.3 Å². The van der Waals surface area contributed by atoms with Crippen molar-refractivity contribution in [2.75, 3.05) is 7.11 Å². The Bertz CT molecular complexity index is 481. The third kappa shape index (κ3) is 5.00. The molecular weight excluding hydrogens is 326 g/mol. The monoisotopic (exact) mass is 357 g/mol. The van der Waals surface area contributed by atoms with Gasteiger partial charge in [-0.25, -0.2) is 5.12 Å². The summed E-state index contributed by atoms with van der Waals surface area (Å²) < 4.78 is 4.91. The number of hydrogen-bond acceptors (Lipinski definition) is 7. The largest absolute Gasteiger partial charge is 0.381 e. The fraction of sp³-hybridized carbons (Fsp3) is 0.875. The van der Waals surface area contributed by atoms with Gasteiger partial charge in [-0.1, -0.05) is 0 Å². The lowest BCUT2D eigenvalue weighted by Gasteiger charge is -2.32. The minimum Gasteiger partial charge on any atom is -0.381 e. The van der Waals surface area contributed by atoms with Crippen molar-refractivity contribution in [3.63, 3.8) is 0 Å². The topological polar surface area (TPSA) is 78.0 Å². The highest BCUT2D eigenvalue weighted by atomic mass is 32.2. The van der Waals surface area contributed by atoms with E-state index in [0.717, 1.165) is 25.7 Å². The molecule has 0 aromatic heterocycles. The van der Waals surface area contributed by atoms with Crippen LogP contribution in [-0.2, 0) is 9.53 Å². The van der Waals surface area contributed by atoms with Gasteiger partial charge >= 0.3 is 0 Å². The Morgan fingerprint density at radius 3 is 2.38 bits per heavy atom. The molecule has 2 aliphatic rings. The highest BCUT2D eigenvalue weighted by Crippen LogP contribution is 2.37. The molecule has 0 saturated heterocycles. The zero-order valence-electron chi connectivity index (χ0n) is 15.6. The van der Waals surface area contributed by atoms with E-state index in [1.54, 1.807) is 24.0 Å². The summed E-state index contributed by atoms with van der Waals surface area (Å²) in [4.78, 5) is 12.6. The Morgan fingerprint density at radius 2 is 1.88 bits per heavy atom. The van der Waals surface area contributed by atoms with Gasteiger partial charge in [0.25, 0.3) is 0 Å². The van der Waals surface area contributed by atoms with Crippen LogP contribution in [0.3, 0.4) is 0 Å². The summed E-state index contributed by atoms with van der Waals surface area (Å²) >= 11 is 1.75. The van der Waals surface area contributed by atoms with E-state index in [9.17, 15) is 4.79 Å². The van der Waals surface area contributed by atoms with Crippen LogP contribution in [0.15, 0.2) is 5.10 Å². The third-order valence-electron chi connectivity index (χ3n) is 4.31. The minimum absolute atomic E-state index is 0.0369. The number of methoxy groups -OCH3 is 1. The third-order valence-corrected chi connectivity index (χ3v) is 5.89. The van der Waals surface area contributed by atoms with E-state index < -0.39 is 4.75 Å². The maximum atomic E-state index is 12.6. The zero-order chi connectivity index (χ0) is 18.0. The molecule has 1 aliphatic carbocycles. The number of ether oxygens (including phenoxy) is 1. The molecule has 1 fully saturated rings. The number of rotatable bonds is 4. The zero-order valence-corrected chi connectivity index (χ0v) is 16.4. The standard InChI is InChI=1S/C16H31N5O2S/c1-15(2,3)21-19-14(18-20-21)17-13(22)16(4,5)24-12-9-7-11(23-6)8-10-12/h11-12,20H,7-10H2,1-6H3,(H2,17,18,19,22)/t11-,12+. The molecule has 138 valence electrons. The quantitative estimate of drug-likeness (QED) is 0.714. The summed E-state index contributed by atoms with van der Waals surface area (Å²) in [6.07, 6.45) is 4.72. The molecule has 3 N–H and O–H groups in total. The van der Waals surface area contributed by atoms with Gasteiger partial charge in [0, 0.05) is 12.4 Å². The molecular formula is C16H31N5O2S. The first-order chi connectivity index (χ1) is 11.1. The van der Waals surface area contributed by atoms with Gasteiger partial charge < -0.3 is 4.74 Å². The lowest BCUT2D eigenvalue weighted by atomic mass is 9.97. The summed E-state index contributed by atoms with van der Waals surface area (Å²) in [7, 11) is 1.78. The Morgan fingerprint density at radius 1 is 1.25 bits per heavy atom. The van der Waals surface area contributed by atoms with Crippen LogP contribution in [0, 0.1) is 0 Å². The molecule has 0 atom stereocenters. The van der Waals surface area contributed by atoms with Crippen molar-refractivity contribution in [3.05, 3.63) is 0 Å². The second-order valence-corrected chi connectivity index (χ2v) is 9.81. The Balaban J connectivity index is 1.87. The number of hydrazine groups is 2. The van der Waals surface area contributed by atoms with Crippen molar-refractivity contribution >= 4 is 23.6 Å². The van der Waals surface area contributed by atoms with Crippen LogP contribution in [0.1, 0.15) is 60.3 Å². The first-order valence-corrected chi connectivity index (χ1v) is 9.42. The van der Waals surface area contributed by atoms with E-state index in [4.69, 9.17) is 4.74 Å². The number of hydrogen-bond donors (Lipinski definition) is 3. The molecule has 0 unspecified atom stereocenters. The highest BCUT2D eigenvalue weighted by molar-refractivity contribution is 8.01. The van der Waals surface area contributed by atoms with Gasteiger partial charge in [-0.15, -0.1) is 22.4 Å². The molecule has 0 aromatic rings. The molecule has 0 bridgehead atoms. The molecule has 1 aliphatic heterocycles. The number of nitrogens with zero attached hydrogens (tertiary/aromatic N) is 2. The maximum absolute atomic E-state index is 12.6. The van der Waals surface area contributed by atoms with Crippen LogP contribution in [0.25, 0.3) is 0 Å². The molecule has 2 rings (SSSR count). The highest BCUT2D eigenvalue weighted by Gasteiger charge is 2.35. The summed E-state index contributed by atoms with van der Waals surface area (Å²) in [5.41, 5.74) is 5.66. The van der Waals surface area contributed by atoms with E-state index in [-0.39, 0.29) is 11.4 Å². The van der Waals surface area contributed by atoms with Gasteiger partial charge in [0.05, 0.1) is 16.4 Å². The molecule has 0 aromatic carbocycles. The van der Waals surface area contributed by atoms with Gasteiger partial charge in [0.1, 0.15) is 0 Å². The lowest BCUT2D eigenvalue weighted by molar-refractivity contribution is -0.121. The van der Waals surface area contributed by atoms with E-state index in [1.807, 2.05) is 34.6 Å². The number of thioether (sulfide) groups is 1. The smallest absolute Gasteiger partial charge is 0.242 e. The number of nitrogens with one attached hydrogen (secondary N) is 3. The van der Waals surface area contributed by atoms with Crippen molar-refractivity contribution in [2.45, 2.75) is 81.9 Å². The summed E-state index contributed by atoms with van der Waals surface area (Å²) in [6, 6.07) is 0. The molecule has 1 saturated carbocycles. The summed E-state index contributed by atoms with van der Waals surface area (Å²) in [5, 5.41) is 9.42. The first-order valence-electron chi connectivity index (χ1n) is 8.54. The Hall–Kier alpha value is -0.990. The first kappa shape index (κ1) is 19.3. The van der Waals surface area contributed by atoms with Gasteiger partial charge in [0.2, 0.25) is 11.9 Å². The van der Waals surface area contributed by atoms with Gasteiger partial charge in [-0.05, 0) is 60.3 Å². The second-order valence-electron chi connectivity index (χ2n) is 7.88. The van der Waals surface area contributed by atoms with Crippen molar-refractivity contribution in [1.82, 2.24) is 21.4 Å². The van der Waals surface area contributed by atoms with E-state index >= 15 is 0 Å². The van der Waals surface area contributed by atoms with E-state index in [1.165, 1.54) is 0 Å². The number of guanidine groups is 1. The van der Waals surface area contributed by atoms with Crippen LogP contribution >= 0.6 is 11.8 Å². The van der Waals surface area contributed by atoms with Crippen LogP contribution < -0.4 is 16.3 Å². The summed E-state index contributed by atoms with van der Waals surface area (Å²) in [6.45, 7) is 10.0. The van der Waals surface area contributed by atoms with Gasteiger partial charge in [-0.2, -0.15) is 0 Å². The van der Waals surface area contributed by atoms with Crippen LogP contribution in [0.2, 0.25) is 0 Å². The Labute approximate surface area is 149 Å². The van der Waals surface area contributed by atoms with Crippen molar-refractivity contribution in [1.29, 1.82) is 0 Å². The van der Waals surface area contributed by atoms with Crippen LogP contribution in [-0.4, -0.2) is 45.7 Å². The number of carbonyl (C=O) groups excluding carboxylic acids is 1. The number of amides is 1. The average molecular weight is 358 g/mol. The normalized spacial score (nSPS) is 25.2. The molecule has 1 heterocycles. The number of carbonyl (C=O) groups is 1. The fourth-order valence-corrected chi connectivity index (χ4v) is 4.24. The summed E-state index contributed by atoms with van der Waals surface area (Å²) in [5.74, 6) is 0.400. The van der Waals surface area contributed by atoms with Gasteiger partial charge in [0.15, 0.2) is 0 Å². The molecule has 8 heteroatoms. The minimum atomic E-state index is -0.510. The molecule has 1 amide bonds. The molecule has 0 radical (unpaired) electrons. The van der Waals surface area contributed by atoms with Crippen molar-refractivity contribution in [2.24, 2.45) is 5.10 Å². The second kappa shape index (κ2) is 7.49. The van der Waals surface area contributed by atoms with E-state index in [2.05, 4.69) is 21.4 Å². The molecule has 7 nitrogen and oxygen atoms in total. The molecule has 24 heavy (non-hydrogen) atoms. The maximum Gasteiger partial charge on any atom is 0.242 e. The average Bonchev–Trinajstić information content (AvgIpc) is 2.96. The number of hydrazone groups is 1.